The number of halogens is 3. The lowest BCUT2D eigenvalue weighted by molar-refractivity contribution is -0.274. The van der Waals surface area contributed by atoms with Gasteiger partial charge in [0.2, 0.25) is 0 Å². The van der Waals surface area contributed by atoms with Crippen molar-refractivity contribution < 1.29 is 32.6 Å². The molecule has 0 spiro atoms. The summed E-state index contributed by atoms with van der Waals surface area (Å²) in [7, 11) is 0. The number of hydrogen-bond donors (Lipinski definition) is 1. The van der Waals surface area contributed by atoms with Crippen LogP contribution in [0.2, 0.25) is 0 Å². The first-order chi connectivity index (χ1) is 14.8. The number of aromatic nitrogens is 1. The van der Waals surface area contributed by atoms with Crippen LogP contribution >= 0.6 is 0 Å². The highest BCUT2D eigenvalue weighted by molar-refractivity contribution is 5.94. The quantitative estimate of drug-likeness (QED) is 0.555. The number of ether oxygens (including phenoxy) is 1. The number of carbonyl (C=O) groups excluding carboxylic acids is 1. The standard InChI is InChI=1S/C22H25F3N2O4/c1-2-15(13-28)12-27(30-14-16-3-4-16)21(29)19-9-18(10-26-11-19)17-5-7-20(8-6-17)31-22(23,24)25/h5-11,15-16,28H,2-4,12-14H2,1H3. The molecule has 9 heteroatoms. The summed E-state index contributed by atoms with van der Waals surface area (Å²) in [6.07, 6.45) is 1.02. The van der Waals surface area contributed by atoms with Crippen LogP contribution in [0, 0.1) is 11.8 Å². The van der Waals surface area contributed by atoms with E-state index >= 15 is 0 Å². The van der Waals surface area contributed by atoms with Crippen molar-refractivity contribution in [1.82, 2.24) is 10.0 Å². The van der Waals surface area contributed by atoms with Crippen LogP contribution in [0.15, 0.2) is 42.7 Å². The number of alkyl halides is 3. The molecule has 1 saturated carbocycles. The molecule has 0 radical (unpaired) electrons. The molecular weight excluding hydrogens is 413 g/mol. The van der Waals surface area contributed by atoms with Gasteiger partial charge in [0.05, 0.1) is 18.7 Å². The van der Waals surface area contributed by atoms with Crippen LogP contribution < -0.4 is 4.74 Å². The van der Waals surface area contributed by atoms with Gasteiger partial charge < -0.3 is 9.84 Å². The normalized spacial score (nSPS) is 14.9. The van der Waals surface area contributed by atoms with Crippen molar-refractivity contribution >= 4 is 5.91 Å². The van der Waals surface area contributed by atoms with Gasteiger partial charge in [0.25, 0.3) is 5.91 Å². The number of aliphatic hydroxyl groups is 1. The Morgan fingerprint density at radius 1 is 1.23 bits per heavy atom. The summed E-state index contributed by atoms with van der Waals surface area (Å²) in [5, 5.41) is 10.8. The van der Waals surface area contributed by atoms with Gasteiger partial charge in [0, 0.05) is 30.5 Å². The fraction of sp³-hybridized carbons (Fsp3) is 0.455. The van der Waals surface area contributed by atoms with Gasteiger partial charge in [-0.1, -0.05) is 19.1 Å². The molecule has 1 amide bonds. The second-order valence-corrected chi connectivity index (χ2v) is 7.60. The van der Waals surface area contributed by atoms with E-state index in [0.717, 1.165) is 12.8 Å². The lowest BCUT2D eigenvalue weighted by Gasteiger charge is -2.25. The van der Waals surface area contributed by atoms with Crippen molar-refractivity contribution in [2.24, 2.45) is 11.8 Å². The molecule has 0 bridgehead atoms. The van der Waals surface area contributed by atoms with Crippen molar-refractivity contribution in [2.75, 3.05) is 19.8 Å². The lowest BCUT2D eigenvalue weighted by atomic mass is 10.0. The summed E-state index contributed by atoms with van der Waals surface area (Å²) in [5.41, 5.74) is 1.45. The number of hydroxylamine groups is 2. The van der Waals surface area contributed by atoms with Crippen LogP contribution in [0.1, 0.15) is 36.5 Å². The maximum Gasteiger partial charge on any atom is 0.573 e. The first-order valence-electron chi connectivity index (χ1n) is 10.2. The Morgan fingerprint density at radius 2 is 1.94 bits per heavy atom. The summed E-state index contributed by atoms with van der Waals surface area (Å²) < 4.78 is 40.9. The minimum atomic E-state index is -4.76. The van der Waals surface area contributed by atoms with Crippen molar-refractivity contribution in [3.63, 3.8) is 0 Å². The van der Waals surface area contributed by atoms with E-state index in [0.29, 0.717) is 30.1 Å². The fourth-order valence-electron chi connectivity index (χ4n) is 2.93. The molecule has 2 aromatic rings. The zero-order valence-electron chi connectivity index (χ0n) is 17.1. The molecule has 1 aromatic carbocycles. The van der Waals surface area contributed by atoms with Crippen LogP contribution in [0.3, 0.4) is 0 Å². The molecule has 1 fully saturated rings. The molecule has 0 aliphatic heterocycles. The van der Waals surface area contributed by atoms with Crippen LogP contribution in [0.5, 0.6) is 5.75 Å². The van der Waals surface area contributed by atoms with Crippen molar-refractivity contribution in [2.45, 2.75) is 32.5 Å². The number of rotatable bonds is 10. The third-order valence-corrected chi connectivity index (χ3v) is 5.06. The highest BCUT2D eigenvalue weighted by Crippen LogP contribution is 2.30. The predicted octanol–water partition coefficient (Wildman–Crippen LogP) is 4.45. The molecule has 3 rings (SSSR count). The van der Waals surface area contributed by atoms with E-state index in [2.05, 4.69) is 9.72 Å². The van der Waals surface area contributed by atoms with E-state index < -0.39 is 6.36 Å². The Bertz CT molecular complexity index is 866. The van der Waals surface area contributed by atoms with Gasteiger partial charge in [0.1, 0.15) is 5.75 Å². The highest BCUT2D eigenvalue weighted by Gasteiger charge is 2.31. The largest absolute Gasteiger partial charge is 0.573 e. The number of benzene rings is 1. The van der Waals surface area contributed by atoms with Gasteiger partial charge in [-0.3, -0.25) is 14.6 Å². The van der Waals surface area contributed by atoms with Gasteiger partial charge in [-0.05, 0) is 48.9 Å². The number of carbonyl (C=O) groups is 1. The second kappa shape index (κ2) is 10.1. The highest BCUT2D eigenvalue weighted by atomic mass is 19.4. The Labute approximate surface area is 178 Å². The van der Waals surface area contributed by atoms with Gasteiger partial charge in [-0.15, -0.1) is 13.2 Å². The number of hydrogen-bond acceptors (Lipinski definition) is 5. The first-order valence-corrected chi connectivity index (χ1v) is 10.2. The third-order valence-electron chi connectivity index (χ3n) is 5.06. The van der Waals surface area contributed by atoms with Crippen LogP contribution in [-0.4, -0.2) is 47.2 Å². The zero-order valence-corrected chi connectivity index (χ0v) is 17.1. The Hall–Kier alpha value is -2.65. The first kappa shape index (κ1) is 23.0. The van der Waals surface area contributed by atoms with E-state index in [1.807, 2.05) is 6.92 Å². The van der Waals surface area contributed by atoms with Crippen molar-refractivity contribution in [3.8, 4) is 16.9 Å². The SMILES string of the molecule is CCC(CO)CN(OCC1CC1)C(=O)c1cncc(-c2ccc(OC(F)(F)F)cc2)c1. The fourth-order valence-corrected chi connectivity index (χ4v) is 2.93. The summed E-state index contributed by atoms with van der Waals surface area (Å²) in [5.74, 6) is -0.364. The van der Waals surface area contributed by atoms with Crippen molar-refractivity contribution in [3.05, 3.63) is 48.3 Å². The molecule has 1 N–H and O–H groups in total. The Kier molecular flexibility index (Phi) is 7.50. The van der Waals surface area contributed by atoms with Crippen LogP contribution in [0.4, 0.5) is 13.2 Å². The van der Waals surface area contributed by atoms with E-state index in [9.17, 15) is 23.1 Å². The number of aliphatic hydroxyl groups excluding tert-OH is 1. The molecule has 1 aliphatic rings. The average Bonchev–Trinajstić information content (AvgIpc) is 3.57. The summed E-state index contributed by atoms with van der Waals surface area (Å²) >= 11 is 0. The average molecular weight is 438 g/mol. The molecule has 31 heavy (non-hydrogen) atoms. The van der Waals surface area contributed by atoms with E-state index in [1.165, 1.54) is 41.7 Å². The third kappa shape index (κ3) is 6.93. The zero-order chi connectivity index (χ0) is 22.4. The minimum absolute atomic E-state index is 0.0578. The van der Waals surface area contributed by atoms with E-state index in [4.69, 9.17) is 4.84 Å². The summed E-state index contributed by atoms with van der Waals surface area (Å²) in [6.45, 7) is 2.57. The predicted molar refractivity (Wildman–Crippen MR) is 107 cm³/mol. The van der Waals surface area contributed by atoms with Gasteiger partial charge in [0.15, 0.2) is 0 Å². The van der Waals surface area contributed by atoms with Gasteiger partial charge in [-0.25, -0.2) is 5.06 Å². The minimum Gasteiger partial charge on any atom is -0.406 e. The molecule has 1 aromatic heterocycles. The number of pyridine rings is 1. The molecule has 1 heterocycles. The molecule has 6 nitrogen and oxygen atoms in total. The molecule has 1 aliphatic carbocycles. The van der Waals surface area contributed by atoms with E-state index in [-0.39, 0.29) is 36.3 Å². The van der Waals surface area contributed by atoms with Gasteiger partial charge in [-0.2, -0.15) is 0 Å². The molecule has 0 saturated heterocycles. The Morgan fingerprint density at radius 3 is 2.52 bits per heavy atom. The maximum absolute atomic E-state index is 13.1. The molecule has 168 valence electrons. The van der Waals surface area contributed by atoms with Gasteiger partial charge >= 0.3 is 6.36 Å². The topological polar surface area (TPSA) is 71.9 Å². The van der Waals surface area contributed by atoms with Crippen LogP contribution in [-0.2, 0) is 4.84 Å². The monoisotopic (exact) mass is 438 g/mol. The Balaban J connectivity index is 1.76. The summed E-state index contributed by atoms with van der Waals surface area (Å²) in [4.78, 5) is 22.9. The molecule has 1 unspecified atom stereocenters. The summed E-state index contributed by atoms with van der Waals surface area (Å²) in [6, 6.07) is 6.95. The number of amides is 1. The van der Waals surface area contributed by atoms with E-state index in [1.54, 1.807) is 6.07 Å². The molecule has 1 atom stereocenters. The smallest absolute Gasteiger partial charge is 0.406 e. The number of nitrogens with zero attached hydrogens (tertiary/aromatic N) is 2. The van der Waals surface area contributed by atoms with Crippen LogP contribution in [0.25, 0.3) is 11.1 Å². The van der Waals surface area contributed by atoms with Crippen molar-refractivity contribution in [1.29, 1.82) is 0 Å². The lowest BCUT2D eigenvalue weighted by Crippen LogP contribution is -2.37. The maximum atomic E-state index is 13.1. The second-order valence-electron chi connectivity index (χ2n) is 7.60. The molecular formula is C22H25F3N2O4.